The van der Waals surface area contributed by atoms with Crippen molar-refractivity contribution in [2.75, 3.05) is 33.7 Å². The van der Waals surface area contributed by atoms with Gasteiger partial charge in [-0.05, 0) is 25.3 Å². The van der Waals surface area contributed by atoms with Crippen LogP contribution in [0.3, 0.4) is 0 Å². The van der Waals surface area contributed by atoms with Gasteiger partial charge in [-0.15, -0.1) is 0 Å². The number of hydrogen-bond donors (Lipinski definition) is 0. The molecule has 2 bridgehead atoms. The molecule has 0 aliphatic carbocycles. The van der Waals surface area contributed by atoms with Gasteiger partial charge in [0.1, 0.15) is 0 Å². The maximum Gasteiger partial charge on any atom is 0.227 e. The van der Waals surface area contributed by atoms with E-state index in [9.17, 15) is 4.79 Å². The molecule has 1 amide bonds. The fraction of sp³-hybridized carbons (Fsp3) is 0.929. The SMILES string of the molecule is CC(C)CCN1C[C@@H]2C[C@@H](C(=O)N(C)C)[C@H](C1)O2. The first-order valence-electron chi connectivity index (χ1n) is 7.06. The van der Waals surface area contributed by atoms with Crippen LogP contribution in [0, 0.1) is 11.8 Å². The van der Waals surface area contributed by atoms with Gasteiger partial charge in [-0.25, -0.2) is 0 Å². The van der Waals surface area contributed by atoms with Crippen molar-refractivity contribution in [3.8, 4) is 0 Å². The Balaban J connectivity index is 1.90. The molecule has 0 aromatic carbocycles. The second-order valence-electron chi connectivity index (χ2n) is 6.31. The summed E-state index contributed by atoms with van der Waals surface area (Å²) in [5.74, 6) is 1.05. The van der Waals surface area contributed by atoms with Gasteiger partial charge in [0.05, 0.1) is 18.1 Å². The van der Waals surface area contributed by atoms with E-state index in [1.807, 2.05) is 14.1 Å². The van der Waals surface area contributed by atoms with Gasteiger partial charge in [0, 0.05) is 27.2 Å². The molecule has 0 radical (unpaired) electrons. The molecule has 18 heavy (non-hydrogen) atoms. The highest BCUT2D eigenvalue weighted by atomic mass is 16.5. The van der Waals surface area contributed by atoms with Crippen molar-refractivity contribution in [2.45, 2.75) is 38.9 Å². The molecule has 0 saturated carbocycles. The minimum absolute atomic E-state index is 0.0778. The van der Waals surface area contributed by atoms with Crippen LogP contribution in [0.2, 0.25) is 0 Å². The summed E-state index contributed by atoms with van der Waals surface area (Å²) in [7, 11) is 3.67. The van der Waals surface area contributed by atoms with Gasteiger partial charge in [0.2, 0.25) is 5.91 Å². The van der Waals surface area contributed by atoms with E-state index in [-0.39, 0.29) is 24.0 Å². The van der Waals surface area contributed by atoms with E-state index in [4.69, 9.17) is 4.74 Å². The molecule has 0 aromatic heterocycles. The molecule has 0 unspecified atom stereocenters. The van der Waals surface area contributed by atoms with Crippen LogP contribution in [-0.2, 0) is 9.53 Å². The zero-order valence-electron chi connectivity index (χ0n) is 12.1. The lowest BCUT2D eigenvalue weighted by Crippen LogP contribution is -2.45. The van der Waals surface area contributed by atoms with E-state index in [0.29, 0.717) is 0 Å². The Labute approximate surface area is 110 Å². The molecule has 0 N–H and O–H groups in total. The van der Waals surface area contributed by atoms with Crippen LogP contribution in [0.15, 0.2) is 0 Å². The Kier molecular flexibility index (Phi) is 4.28. The van der Waals surface area contributed by atoms with Crippen LogP contribution >= 0.6 is 0 Å². The number of hydrogen-bond acceptors (Lipinski definition) is 3. The molecule has 2 heterocycles. The second-order valence-corrected chi connectivity index (χ2v) is 6.31. The summed E-state index contributed by atoms with van der Waals surface area (Å²) in [5.41, 5.74) is 0. The number of amides is 1. The number of nitrogens with zero attached hydrogens (tertiary/aromatic N) is 2. The summed E-state index contributed by atoms with van der Waals surface area (Å²) in [6, 6.07) is 0. The lowest BCUT2D eigenvalue weighted by atomic mass is 9.99. The second kappa shape index (κ2) is 5.57. The number of likely N-dealkylation sites (tertiary alicyclic amines) is 1. The monoisotopic (exact) mass is 254 g/mol. The molecule has 4 nitrogen and oxygen atoms in total. The molecular formula is C14H26N2O2. The highest BCUT2D eigenvalue weighted by Crippen LogP contribution is 2.33. The number of carbonyl (C=O) groups is 1. The Morgan fingerprint density at radius 3 is 2.72 bits per heavy atom. The highest BCUT2D eigenvalue weighted by Gasteiger charge is 2.44. The lowest BCUT2D eigenvalue weighted by Gasteiger charge is -2.33. The molecule has 0 spiro atoms. The minimum Gasteiger partial charge on any atom is -0.371 e. The van der Waals surface area contributed by atoms with Gasteiger partial charge in [-0.1, -0.05) is 13.8 Å². The number of carbonyl (C=O) groups excluding carboxylic acids is 1. The van der Waals surface area contributed by atoms with Gasteiger partial charge in [-0.3, -0.25) is 9.69 Å². The van der Waals surface area contributed by atoms with Crippen molar-refractivity contribution in [1.82, 2.24) is 9.80 Å². The van der Waals surface area contributed by atoms with Crippen LogP contribution < -0.4 is 0 Å². The Bertz CT molecular complexity index is 304. The first-order chi connectivity index (χ1) is 8.47. The molecule has 2 fully saturated rings. The minimum atomic E-state index is 0.0778. The third-order valence-corrected chi connectivity index (χ3v) is 4.01. The molecule has 104 valence electrons. The molecular weight excluding hydrogens is 228 g/mol. The third kappa shape index (κ3) is 3.04. The van der Waals surface area contributed by atoms with E-state index in [1.54, 1.807) is 4.90 Å². The quantitative estimate of drug-likeness (QED) is 0.756. The van der Waals surface area contributed by atoms with Crippen molar-refractivity contribution in [2.24, 2.45) is 11.8 Å². The van der Waals surface area contributed by atoms with Crippen molar-refractivity contribution < 1.29 is 9.53 Å². The fourth-order valence-electron chi connectivity index (χ4n) is 2.95. The van der Waals surface area contributed by atoms with Crippen LogP contribution in [0.1, 0.15) is 26.7 Å². The molecule has 0 aromatic rings. The largest absolute Gasteiger partial charge is 0.371 e. The fourth-order valence-corrected chi connectivity index (χ4v) is 2.95. The molecule has 4 heteroatoms. The smallest absolute Gasteiger partial charge is 0.227 e. The van der Waals surface area contributed by atoms with Crippen molar-refractivity contribution in [1.29, 1.82) is 0 Å². The molecule has 3 atom stereocenters. The average Bonchev–Trinajstić information content (AvgIpc) is 2.60. The normalized spacial score (nSPS) is 31.9. The van der Waals surface area contributed by atoms with Crippen molar-refractivity contribution in [3.05, 3.63) is 0 Å². The Hall–Kier alpha value is -0.610. The maximum atomic E-state index is 12.1. The summed E-state index contributed by atoms with van der Waals surface area (Å²) >= 11 is 0. The van der Waals surface area contributed by atoms with E-state index in [2.05, 4.69) is 18.7 Å². The topological polar surface area (TPSA) is 32.8 Å². The summed E-state index contributed by atoms with van der Waals surface area (Å²) in [4.78, 5) is 16.3. The van der Waals surface area contributed by atoms with Crippen LogP contribution in [0.5, 0.6) is 0 Å². The summed E-state index contributed by atoms with van der Waals surface area (Å²) in [6.45, 7) is 7.58. The first kappa shape index (κ1) is 13.8. The number of ether oxygens (including phenoxy) is 1. The molecule has 2 aliphatic heterocycles. The highest BCUT2D eigenvalue weighted by molar-refractivity contribution is 5.79. The Morgan fingerprint density at radius 2 is 2.11 bits per heavy atom. The van der Waals surface area contributed by atoms with E-state index in [0.717, 1.165) is 32.0 Å². The van der Waals surface area contributed by atoms with Crippen molar-refractivity contribution in [3.63, 3.8) is 0 Å². The first-order valence-corrected chi connectivity index (χ1v) is 7.06. The zero-order valence-corrected chi connectivity index (χ0v) is 12.1. The maximum absolute atomic E-state index is 12.1. The van der Waals surface area contributed by atoms with E-state index in [1.165, 1.54) is 6.42 Å². The lowest BCUT2D eigenvalue weighted by molar-refractivity contribution is -0.136. The predicted molar refractivity (Wildman–Crippen MR) is 71.4 cm³/mol. The standard InChI is InChI=1S/C14H26N2O2/c1-10(2)5-6-16-8-11-7-12(13(9-16)18-11)14(17)15(3)4/h10-13H,5-9H2,1-4H3/t11-,12+,13-/m0/s1. The Morgan fingerprint density at radius 1 is 1.39 bits per heavy atom. The van der Waals surface area contributed by atoms with Crippen LogP contribution in [-0.4, -0.2) is 61.6 Å². The number of fused-ring (bicyclic) bond motifs is 2. The molecule has 2 saturated heterocycles. The average molecular weight is 254 g/mol. The molecule has 2 aliphatic rings. The zero-order chi connectivity index (χ0) is 13.3. The van der Waals surface area contributed by atoms with Gasteiger partial charge in [-0.2, -0.15) is 0 Å². The third-order valence-electron chi connectivity index (χ3n) is 4.01. The number of morpholine rings is 1. The van der Waals surface area contributed by atoms with E-state index < -0.39 is 0 Å². The molecule has 2 rings (SSSR count). The van der Waals surface area contributed by atoms with Gasteiger partial charge < -0.3 is 9.64 Å². The summed E-state index contributed by atoms with van der Waals surface area (Å²) < 4.78 is 5.93. The summed E-state index contributed by atoms with van der Waals surface area (Å²) in [5, 5.41) is 0. The van der Waals surface area contributed by atoms with Crippen molar-refractivity contribution >= 4 is 5.91 Å². The van der Waals surface area contributed by atoms with Gasteiger partial charge in [0.15, 0.2) is 0 Å². The van der Waals surface area contributed by atoms with Crippen LogP contribution in [0.25, 0.3) is 0 Å². The van der Waals surface area contributed by atoms with E-state index >= 15 is 0 Å². The van der Waals surface area contributed by atoms with Gasteiger partial charge in [0.25, 0.3) is 0 Å². The van der Waals surface area contributed by atoms with Crippen LogP contribution in [0.4, 0.5) is 0 Å². The summed E-state index contributed by atoms with van der Waals surface area (Å²) in [6.07, 6.45) is 2.52. The van der Waals surface area contributed by atoms with Gasteiger partial charge >= 0.3 is 0 Å². The predicted octanol–water partition coefficient (Wildman–Crippen LogP) is 1.21. The number of rotatable bonds is 4.